The molecule has 0 spiro atoms. The Hall–Kier alpha value is -2.34. The van der Waals surface area contributed by atoms with Crippen molar-refractivity contribution in [3.8, 4) is 11.5 Å². The standard InChI is InChI=1S/C19H23N3O2S/c1-20-19(22-12-15-3-6-16(25-2)7-4-15)21-10-9-14-5-8-17-18(11-14)24-13-23-17/h3-8,11H,9-10,12-13H2,1-2H3,(H2,20,21,22). The Bertz CT molecular complexity index is 732. The van der Waals surface area contributed by atoms with E-state index in [-0.39, 0.29) is 0 Å². The molecule has 0 amide bonds. The van der Waals surface area contributed by atoms with Crippen molar-refractivity contribution in [2.75, 3.05) is 26.6 Å². The molecule has 0 saturated heterocycles. The van der Waals surface area contributed by atoms with Crippen LogP contribution in [0.2, 0.25) is 0 Å². The molecule has 6 heteroatoms. The number of guanidine groups is 1. The number of ether oxygens (including phenoxy) is 2. The molecule has 0 radical (unpaired) electrons. The summed E-state index contributed by atoms with van der Waals surface area (Å²) < 4.78 is 10.7. The van der Waals surface area contributed by atoms with Gasteiger partial charge in [-0.2, -0.15) is 0 Å². The van der Waals surface area contributed by atoms with Gasteiger partial charge in [0, 0.05) is 25.0 Å². The van der Waals surface area contributed by atoms with Crippen LogP contribution in [-0.2, 0) is 13.0 Å². The Kier molecular flexibility index (Phi) is 6.06. The van der Waals surface area contributed by atoms with Crippen LogP contribution in [-0.4, -0.2) is 32.6 Å². The number of hydrogen-bond acceptors (Lipinski definition) is 4. The fourth-order valence-corrected chi connectivity index (χ4v) is 2.98. The minimum absolute atomic E-state index is 0.311. The van der Waals surface area contributed by atoms with Gasteiger partial charge < -0.3 is 20.1 Å². The van der Waals surface area contributed by atoms with Crippen LogP contribution in [0, 0.1) is 0 Å². The second-order valence-corrected chi connectivity index (χ2v) is 6.52. The van der Waals surface area contributed by atoms with Gasteiger partial charge in [0.15, 0.2) is 17.5 Å². The van der Waals surface area contributed by atoms with E-state index < -0.39 is 0 Å². The molecule has 132 valence electrons. The van der Waals surface area contributed by atoms with Crippen molar-refractivity contribution in [1.29, 1.82) is 0 Å². The van der Waals surface area contributed by atoms with E-state index in [2.05, 4.69) is 52.2 Å². The van der Waals surface area contributed by atoms with E-state index in [1.54, 1.807) is 18.8 Å². The third-order valence-corrected chi connectivity index (χ3v) is 4.73. The number of hydrogen-bond donors (Lipinski definition) is 2. The van der Waals surface area contributed by atoms with Crippen LogP contribution in [0.1, 0.15) is 11.1 Å². The molecule has 0 aliphatic carbocycles. The van der Waals surface area contributed by atoms with Crippen molar-refractivity contribution in [3.63, 3.8) is 0 Å². The summed E-state index contributed by atoms with van der Waals surface area (Å²) in [6.07, 6.45) is 2.97. The molecule has 2 N–H and O–H groups in total. The van der Waals surface area contributed by atoms with Gasteiger partial charge in [0.1, 0.15) is 0 Å². The van der Waals surface area contributed by atoms with E-state index in [4.69, 9.17) is 9.47 Å². The van der Waals surface area contributed by atoms with E-state index in [0.29, 0.717) is 6.79 Å². The molecule has 0 aromatic heterocycles. The molecule has 0 bridgehead atoms. The van der Waals surface area contributed by atoms with Crippen LogP contribution in [0.5, 0.6) is 11.5 Å². The third kappa shape index (κ3) is 4.82. The van der Waals surface area contributed by atoms with Crippen LogP contribution >= 0.6 is 11.8 Å². The molecule has 25 heavy (non-hydrogen) atoms. The van der Waals surface area contributed by atoms with Gasteiger partial charge in [-0.15, -0.1) is 11.8 Å². The average Bonchev–Trinajstić information content (AvgIpc) is 3.12. The van der Waals surface area contributed by atoms with E-state index in [1.807, 2.05) is 12.1 Å². The van der Waals surface area contributed by atoms with Crippen molar-refractivity contribution >= 4 is 17.7 Å². The zero-order valence-corrected chi connectivity index (χ0v) is 15.4. The van der Waals surface area contributed by atoms with Crippen LogP contribution in [0.15, 0.2) is 52.4 Å². The van der Waals surface area contributed by atoms with Gasteiger partial charge in [0.25, 0.3) is 0 Å². The molecule has 5 nitrogen and oxygen atoms in total. The zero-order valence-electron chi connectivity index (χ0n) is 14.5. The predicted molar refractivity (Wildman–Crippen MR) is 103 cm³/mol. The number of aliphatic imine (C=N–C) groups is 1. The second-order valence-electron chi connectivity index (χ2n) is 5.64. The lowest BCUT2D eigenvalue weighted by Gasteiger charge is -2.12. The number of rotatable bonds is 6. The lowest BCUT2D eigenvalue weighted by Crippen LogP contribution is -2.37. The quantitative estimate of drug-likeness (QED) is 0.473. The molecule has 0 fully saturated rings. The Morgan fingerprint density at radius 2 is 1.80 bits per heavy atom. The molecular formula is C19H23N3O2S. The maximum Gasteiger partial charge on any atom is 0.231 e. The smallest absolute Gasteiger partial charge is 0.231 e. The third-order valence-electron chi connectivity index (χ3n) is 3.99. The fourth-order valence-electron chi connectivity index (χ4n) is 2.57. The average molecular weight is 357 g/mol. The van der Waals surface area contributed by atoms with Gasteiger partial charge in [-0.1, -0.05) is 18.2 Å². The first-order valence-corrected chi connectivity index (χ1v) is 9.47. The molecule has 0 unspecified atom stereocenters. The molecule has 0 atom stereocenters. The van der Waals surface area contributed by atoms with Crippen molar-refractivity contribution in [2.45, 2.75) is 17.9 Å². The minimum atomic E-state index is 0.311. The maximum atomic E-state index is 5.41. The van der Waals surface area contributed by atoms with E-state index in [0.717, 1.165) is 37.0 Å². The van der Waals surface area contributed by atoms with Gasteiger partial charge in [-0.05, 0) is 48.1 Å². The Labute approximate surface area is 152 Å². The molecule has 1 aliphatic rings. The molecule has 0 saturated carbocycles. The lowest BCUT2D eigenvalue weighted by atomic mass is 10.1. The number of fused-ring (bicyclic) bond motifs is 1. The summed E-state index contributed by atoms with van der Waals surface area (Å²) >= 11 is 1.75. The molecular weight excluding hydrogens is 334 g/mol. The molecule has 1 heterocycles. The van der Waals surface area contributed by atoms with Crippen molar-refractivity contribution in [3.05, 3.63) is 53.6 Å². The van der Waals surface area contributed by atoms with E-state index in [1.165, 1.54) is 16.0 Å². The molecule has 3 rings (SSSR count). The maximum absolute atomic E-state index is 5.41. The van der Waals surface area contributed by atoms with Crippen molar-refractivity contribution in [2.24, 2.45) is 4.99 Å². The van der Waals surface area contributed by atoms with Crippen LogP contribution in [0.25, 0.3) is 0 Å². The monoisotopic (exact) mass is 357 g/mol. The fraction of sp³-hybridized carbons (Fsp3) is 0.316. The second kappa shape index (κ2) is 8.67. The summed E-state index contributed by atoms with van der Waals surface area (Å²) in [6.45, 7) is 1.86. The largest absolute Gasteiger partial charge is 0.454 e. The highest BCUT2D eigenvalue weighted by molar-refractivity contribution is 7.98. The summed E-state index contributed by atoms with van der Waals surface area (Å²) in [4.78, 5) is 5.54. The summed E-state index contributed by atoms with van der Waals surface area (Å²) in [5, 5.41) is 6.68. The SMILES string of the molecule is CN=C(NCCc1ccc2c(c1)OCO2)NCc1ccc(SC)cc1. The Morgan fingerprint density at radius 1 is 1.04 bits per heavy atom. The summed E-state index contributed by atoms with van der Waals surface area (Å²) in [5.41, 5.74) is 2.44. The summed E-state index contributed by atoms with van der Waals surface area (Å²) in [7, 11) is 1.78. The molecule has 1 aliphatic heterocycles. The van der Waals surface area contributed by atoms with E-state index in [9.17, 15) is 0 Å². The zero-order chi connectivity index (χ0) is 17.5. The highest BCUT2D eigenvalue weighted by Crippen LogP contribution is 2.32. The first-order valence-electron chi connectivity index (χ1n) is 8.24. The summed E-state index contributed by atoms with van der Waals surface area (Å²) in [5.74, 6) is 2.45. The predicted octanol–water partition coefficient (Wildman–Crippen LogP) is 3.04. The van der Waals surface area contributed by atoms with Crippen LogP contribution in [0.3, 0.4) is 0 Å². The Balaban J connectivity index is 1.44. The minimum Gasteiger partial charge on any atom is -0.454 e. The first kappa shape index (κ1) is 17.5. The van der Waals surface area contributed by atoms with Gasteiger partial charge >= 0.3 is 0 Å². The van der Waals surface area contributed by atoms with Gasteiger partial charge in [0.2, 0.25) is 6.79 Å². The highest BCUT2D eigenvalue weighted by Gasteiger charge is 2.12. The topological polar surface area (TPSA) is 54.9 Å². The number of thioether (sulfide) groups is 1. The number of benzene rings is 2. The molecule has 2 aromatic rings. The normalized spacial score (nSPS) is 13.0. The molecule has 2 aromatic carbocycles. The van der Waals surface area contributed by atoms with Crippen molar-refractivity contribution in [1.82, 2.24) is 10.6 Å². The van der Waals surface area contributed by atoms with Gasteiger partial charge in [-0.3, -0.25) is 4.99 Å². The number of nitrogens with zero attached hydrogens (tertiary/aromatic N) is 1. The summed E-state index contributed by atoms with van der Waals surface area (Å²) in [6, 6.07) is 14.6. The Morgan fingerprint density at radius 3 is 2.56 bits per heavy atom. The first-order chi connectivity index (χ1) is 12.3. The van der Waals surface area contributed by atoms with Crippen molar-refractivity contribution < 1.29 is 9.47 Å². The van der Waals surface area contributed by atoms with Crippen LogP contribution < -0.4 is 20.1 Å². The van der Waals surface area contributed by atoms with Crippen LogP contribution in [0.4, 0.5) is 0 Å². The lowest BCUT2D eigenvalue weighted by molar-refractivity contribution is 0.174. The van der Waals surface area contributed by atoms with E-state index >= 15 is 0 Å². The highest BCUT2D eigenvalue weighted by atomic mass is 32.2. The number of nitrogens with one attached hydrogen (secondary N) is 2. The van der Waals surface area contributed by atoms with Gasteiger partial charge in [-0.25, -0.2) is 0 Å². The van der Waals surface area contributed by atoms with Gasteiger partial charge in [0.05, 0.1) is 0 Å².